The largest absolute Gasteiger partial charge is 0.460 e. The molecule has 192 valence electrons. The van der Waals surface area contributed by atoms with E-state index in [0.29, 0.717) is 11.3 Å². The first-order valence-corrected chi connectivity index (χ1v) is 9.75. The predicted octanol–water partition coefficient (Wildman–Crippen LogP) is -1.80. The van der Waals surface area contributed by atoms with Crippen molar-refractivity contribution >= 4 is 48.6 Å². The van der Waals surface area contributed by atoms with Crippen LogP contribution in [-0.2, 0) is 47.9 Å². The van der Waals surface area contributed by atoms with Crippen molar-refractivity contribution in [1.82, 2.24) is 10.1 Å². The van der Waals surface area contributed by atoms with Crippen LogP contribution in [0.25, 0.3) is 0 Å². The molecule has 2 aliphatic heterocycles. The van der Waals surface area contributed by atoms with Gasteiger partial charge in [-0.25, -0.2) is 9.59 Å². The number of aliphatic hydroxyl groups excluding tert-OH is 2. The molecule has 0 aromatic carbocycles. The summed E-state index contributed by atoms with van der Waals surface area (Å²) in [6, 6.07) is 0. The number of hydrogen-bond acceptors (Lipinski definition) is 13. The lowest BCUT2D eigenvalue weighted by Gasteiger charge is -2.15. The van der Waals surface area contributed by atoms with Crippen molar-refractivity contribution in [3.8, 4) is 0 Å². The second-order valence-corrected chi connectivity index (χ2v) is 6.56. The zero-order valence-corrected chi connectivity index (χ0v) is 18.7. The molecule has 4 amide bonds. The molecule has 2 heterocycles. The quantitative estimate of drug-likeness (QED) is 0.155. The van der Waals surface area contributed by atoms with Crippen LogP contribution in [0.4, 0.5) is 0 Å². The summed E-state index contributed by atoms with van der Waals surface area (Å²) in [5.74, 6) is -3.90. The lowest BCUT2D eigenvalue weighted by atomic mass is 10.3. The van der Waals surface area contributed by atoms with Crippen LogP contribution in [0.5, 0.6) is 0 Å². The van der Waals surface area contributed by atoms with Crippen LogP contribution in [-0.4, -0.2) is 93.0 Å². The Hall–Kier alpha value is -3.56. The molecule has 2 saturated heterocycles. The molecule has 0 spiro atoms. The summed E-state index contributed by atoms with van der Waals surface area (Å²) in [5, 5.41) is 25.7. The molecular formula is C19H28N2O13. The van der Waals surface area contributed by atoms with Gasteiger partial charge in [0.25, 0.3) is 23.6 Å². The number of imide groups is 2. The number of rotatable bonds is 7. The highest BCUT2D eigenvalue weighted by Crippen LogP contribution is 2.13. The van der Waals surface area contributed by atoms with E-state index in [2.05, 4.69) is 9.57 Å². The third kappa shape index (κ3) is 13.8. The monoisotopic (exact) mass is 492 g/mol. The maximum absolute atomic E-state index is 11.3. The van der Waals surface area contributed by atoms with Crippen LogP contribution in [0.1, 0.15) is 52.4 Å². The average molecular weight is 492 g/mol. The normalized spacial score (nSPS) is 16.1. The van der Waals surface area contributed by atoms with Gasteiger partial charge in [-0.15, -0.1) is 5.06 Å². The van der Waals surface area contributed by atoms with Crippen molar-refractivity contribution in [2.45, 2.75) is 64.6 Å². The molecule has 0 aromatic heterocycles. The van der Waals surface area contributed by atoms with Crippen molar-refractivity contribution in [3.05, 3.63) is 0 Å². The lowest BCUT2D eigenvalue weighted by molar-refractivity contribution is -0.199. The van der Waals surface area contributed by atoms with E-state index < -0.39 is 54.4 Å². The van der Waals surface area contributed by atoms with Gasteiger partial charge in [0.1, 0.15) is 25.8 Å². The Kier molecular flexibility index (Phi) is 17.2. The van der Waals surface area contributed by atoms with Crippen LogP contribution < -0.4 is 0 Å². The molecule has 15 heteroatoms. The Labute approximate surface area is 194 Å². The van der Waals surface area contributed by atoms with E-state index in [1.165, 1.54) is 6.92 Å². The Morgan fingerprint density at radius 1 is 0.971 bits per heavy atom. The fourth-order valence-electron chi connectivity index (χ4n) is 2.04. The number of carbonyl (C=O) groups is 8. The van der Waals surface area contributed by atoms with Crippen molar-refractivity contribution in [2.24, 2.45) is 0 Å². The number of esters is 1. The highest BCUT2D eigenvalue weighted by molar-refractivity contribution is 6.01. The summed E-state index contributed by atoms with van der Waals surface area (Å²) < 4.78 is 4.61. The van der Waals surface area contributed by atoms with Crippen molar-refractivity contribution in [3.63, 3.8) is 0 Å². The predicted molar refractivity (Wildman–Crippen MR) is 107 cm³/mol. The molecule has 0 saturated carbocycles. The topological polar surface area (TPSA) is 222 Å². The van der Waals surface area contributed by atoms with E-state index in [-0.39, 0.29) is 43.6 Å². The molecule has 0 aliphatic carbocycles. The molecule has 3 N–H and O–H groups in total. The smallest absolute Gasteiger partial charge is 0.336 e. The van der Waals surface area contributed by atoms with Crippen LogP contribution >= 0.6 is 0 Å². The summed E-state index contributed by atoms with van der Waals surface area (Å²) >= 11 is 0. The zero-order chi connectivity index (χ0) is 26.8. The van der Waals surface area contributed by atoms with E-state index in [1.807, 2.05) is 6.79 Å². The van der Waals surface area contributed by atoms with E-state index in [0.717, 1.165) is 0 Å². The van der Waals surface area contributed by atoms with Gasteiger partial charge in [0, 0.05) is 32.1 Å². The number of amides is 4. The molecule has 34 heavy (non-hydrogen) atoms. The molecule has 15 nitrogen and oxygen atoms in total. The number of ether oxygens (including phenoxy) is 1. The highest BCUT2D eigenvalue weighted by Gasteiger charge is 2.33. The second kappa shape index (κ2) is 17.9. The zero-order valence-electron chi connectivity index (χ0n) is 18.7. The van der Waals surface area contributed by atoms with Crippen LogP contribution in [0.3, 0.4) is 0 Å². The highest BCUT2D eigenvalue weighted by atomic mass is 16.7. The maximum atomic E-state index is 11.3. The van der Waals surface area contributed by atoms with E-state index >= 15 is 0 Å². The minimum absolute atomic E-state index is 0.0150. The summed E-state index contributed by atoms with van der Waals surface area (Å²) in [5.41, 5.74) is 0. The second-order valence-electron chi connectivity index (χ2n) is 6.56. The van der Waals surface area contributed by atoms with Crippen LogP contribution in [0, 0.1) is 0 Å². The van der Waals surface area contributed by atoms with E-state index in [9.17, 15) is 33.6 Å². The summed E-state index contributed by atoms with van der Waals surface area (Å²) in [6.07, 6.45) is -0.326. The van der Waals surface area contributed by atoms with Gasteiger partial charge >= 0.3 is 11.9 Å². The van der Waals surface area contributed by atoms with Gasteiger partial charge in [-0.2, -0.15) is 5.06 Å². The third-order valence-electron chi connectivity index (χ3n) is 3.58. The number of hydrogen-bond donors (Lipinski definition) is 3. The average Bonchev–Trinajstić information content (AvgIpc) is 3.25. The lowest BCUT2D eigenvalue weighted by Crippen LogP contribution is -2.33. The number of carbonyl (C=O) groups excluding carboxylic acids is 8. The fourth-order valence-corrected chi connectivity index (χ4v) is 2.04. The number of aldehydes is 1. The number of nitrogens with zero attached hydrogens (tertiary/aromatic N) is 2. The molecule has 0 aromatic rings. The Morgan fingerprint density at radius 3 is 1.71 bits per heavy atom. The molecular weight excluding hydrogens is 464 g/mol. The Morgan fingerprint density at radius 2 is 1.41 bits per heavy atom. The number of aliphatic hydroxyl groups is 2. The van der Waals surface area contributed by atoms with Crippen LogP contribution in [0.15, 0.2) is 0 Å². The third-order valence-corrected chi connectivity index (χ3v) is 3.58. The van der Waals surface area contributed by atoms with Crippen molar-refractivity contribution in [1.29, 1.82) is 0 Å². The Balaban J connectivity index is 0. The number of hydroxylamine groups is 4. The van der Waals surface area contributed by atoms with Gasteiger partial charge in [-0.05, 0) is 13.8 Å². The first-order chi connectivity index (χ1) is 15.9. The molecule has 0 bridgehead atoms. The molecule has 2 rings (SSSR count). The summed E-state index contributed by atoms with van der Waals surface area (Å²) in [4.78, 5) is 86.8. The van der Waals surface area contributed by atoms with Gasteiger partial charge in [0.2, 0.25) is 0 Å². The van der Waals surface area contributed by atoms with Crippen molar-refractivity contribution < 1.29 is 63.4 Å². The standard InChI is InChI=1S/C10H13NO7.C4H5NO3.C4H8O2.CH2O/c1-6(17-10(16)5-12)4-9(15)18-11-7(13)2-3-8(11)14;6-3-1-2-4(7)5(3)8;1-4(6)2-3-5;1-2/h6,12H,2-5H2,1H3;8H,1-2H2;3-4,6H,2H2,1H3;1H2. The van der Waals surface area contributed by atoms with Gasteiger partial charge < -0.3 is 29.4 Å². The molecule has 2 unspecified atom stereocenters. The molecule has 2 fully saturated rings. The summed E-state index contributed by atoms with van der Waals surface area (Å²) in [6.45, 7) is 4.21. The fraction of sp³-hybridized carbons (Fsp3) is 0.579. The van der Waals surface area contributed by atoms with Crippen LogP contribution in [0.2, 0.25) is 0 Å². The van der Waals surface area contributed by atoms with Gasteiger partial charge in [0.05, 0.1) is 12.5 Å². The van der Waals surface area contributed by atoms with Gasteiger partial charge in [-0.1, -0.05) is 0 Å². The minimum atomic E-state index is -0.872. The first-order valence-electron chi connectivity index (χ1n) is 9.75. The van der Waals surface area contributed by atoms with Gasteiger partial charge in [0.15, 0.2) is 0 Å². The summed E-state index contributed by atoms with van der Waals surface area (Å²) in [7, 11) is 0. The Bertz CT molecular complexity index is 706. The SMILES string of the molecule is C=O.CC(CC(=O)ON1C(=O)CCC1=O)OC(=O)CO.CC(O)CC=O.O=C1CCC(=O)N1O. The molecule has 2 atom stereocenters. The van der Waals surface area contributed by atoms with Crippen molar-refractivity contribution in [2.75, 3.05) is 6.61 Å². The van der Waals surface area contributed by atoms with Gasteiger partial charge in [-0.3, -0.25) is 24.4 Å². The molecule has 0 radical (unpaired) electrons. The first kappa shape index (κ1) is 32.6. The van der Waals surface area contributed by atoms with E-state index in [4.69, 9.17) is 20.2 Å². The molecule has 2 aliphatic rings. The maximum Gasteiger partial charge on any atom is 0.336 e. The minimum Gasteiger partial charge on any atom is -0.460 e. The van der Waals surface area contributed by atoms with E-state index in [1.54, 1.807) is 6.92 Å².